The van der Waals surface area contributed by atoms with Crippen molar-refractivity contribution in [2.24, 2.45) is 0 Å². The highest BCUT2D eigenvalue weighted by atomic mass is 16.5. The molecule has 0 unspecified atom stereocenters. The SMILES string of the molecule is Cc1cccc(Oc2nccnc2C2CCN(C(=O)c3cccnc3N)CC2)c1. The number of aromatic nitrogens is 3. The van der Waals surface area contributed by atoms with Gasteiger partial charge in [-0.3, -0.25) is 9.78 Å². The molecule has 2 aromatic heterocycles. The molecule has 1 fully saturated rings. The lowest BCUT2D eigenvalue weighted by Crippen LogP contribution is -2.38. The minimum atomic E-state index is -0.0792. The van der Waals surface area contributed by atoms with E-state index in [1.165, 1.54) is 0 Å². The van der Waals surface area contributed by atoms with E-state index in [2.05, 4.69) is 15.0 Å². The van der Waals surface area contributed by atoms with E-state index in [0.717, 1.165) is 29.8 Å². The molecule has 29 heavy (non-hydrogen) atoms. The van der Waals surface area contributed by atoms with Gasteiger partial charge in [0.05, 0.1) is 5.56 Å². The summed E-state index contributed by atoms with van der Waals surface area (Å²) in [5.41, 5.74) is 8.26. The highest BCUT2D eigenvalue weighted by molar-refractivity contribution is 5.98. The molecular weight excluding hydrogens is 366 g/mol. The number of ether oxygens (including phenoxy) is 1. The average Bonchev–Trinajstić information content (AvgIpc) is 2.74. The Labute approximate surface area is 169 Å². The summed E-state index contributed by atoms with van der Waals surface area (Å²) in [6, 6.07) is 11.3. The average molecular weight is 389 g/mol. The van der Waals surface area contributed by atoms with Crippen LogP contribution in [-0.2, 0) is 0 Å². The Balaban J connectivity index is 1.46. The van der Waals surface area contributed by atoms with Crippen molar-refractivity contribution >= 4 is 11.7 Å². The summed E-state index contributed by atoms with van der Waals surface area (Å²) in [5, 5.41) is 0. The lowest BCUT2D eigenvalue weighted by atomic mass is 9.93. The van der Waals surface area contributed by atoms with Gasteiger partial charge in [-0.25, -0.2) is 9.97 Å². The maximum Gasteiger partial charge on any atom is 0.257 e. The Kier molecular flexibility index (Phi) is 5.37. The molecule has 0 radical (unpaired) electrons. The molecule has 148 valence electrons. The molecule has 2 N–H and O–H groups in total. The van der Waals surface area contributed by atoms with Gasteiger partial charge in [-0.15, -0.1) is 0 Å². The van der Waals surface area contributed by atoms with Crippen molar-refractivity contribution in [1.29, 1.82) is 0 Å². The van der Waals surface area contributed by atoms with E-state index in [1.54, 1.807) is 30.7 Å². The van der Waals surface area contributed by atoms with Crippen molar-refractivity contribution in [2.75, 3.05) is 18.8 Å². The number of carbonyl (C=O) groups is 1. The molecule has 0 bridgehead atoms. The molecule has 0 aliphatic carbocycles. The van der Waals surface area contributed by atoms with Crippen LogP contribution in [0.25, 0.3) is 0 Å². The topological polar surface area (TPSA) is 94.2 Å². The second-order valence-corrected chi connectivity index (χ2v) is 7.17. The van der Waals surface area contributed by atoms with Gasteiger partial charge < -0.3 is 15.4 Å². The van der Waals surface area contributed by atoms with Gasteiger partial charge in [0.25, 0.3) is 5.91 Å². The molecular formula is C22H23N5O2. The predicted molar refractivity (Wildman–Crippen MR) is 110 cm³/mol. The van der Waals surface area contributed by atoms with Crippen molar-refractivity contribution in [2.45, 2.75) is 25.7 Å². The number of piperidine rings is 1. The van der Waals surface area contributed by atoms with Gasteiger partial charge in [0.15, 0.2) is 0 Å². The van der Waals surface area contributed by atoms with Crippen LogP contribution in [0.15, 0.2) is 55.0 Å². The smallest absolute Gasteiger partial charge is 0.257 e. The summed E-state index contributed by atoms with van der Waals surface area (Å²) in [4.78, 5) is 27.5. The summed E-state index contributed by atoms with van der Waals surface area (Å²) in [5.74, 6) is 1.64. The first-order chi connectivity index (χ1) is 14.1. The molecule has 0 saturated carbocycles. The summed E-state index contributed by atoms with van der Waals surface area (Å²) < 4.78 is 6.02. The van der Waals surface area contributed by atoms with Crippen LogP contribution in [0.5, 0.6) is 11.6 Å². The van der Waals surface area contributed by atoms with Crippen molar-refractivity contribution in [3.63, 3.8) is 0 Å². The Morgan fingerprint density at radius 3 is 2.62 bits per heavy atom. The number of rotatable bonds is 4. The van der Waals surface area contributed by atoms with Gasteiger partial charge in [-0.05, 0) is 49.6 Å². The molecule has 0 atom stereocenters. The Hall–Kier alpha value is -3.48. The maximum absolute atomic E-state index is 12.8. The lowest BCUT2D eigenvalue weighted by Gasteiger charge is -2.32. The molecule has 1 amide bonds. The number of nitrogen functional groups attached to an aromatic ring is 1. The van der Waals surface area contributed by atoms with Crippen molar-refractivity contribution < 1.29 is 9.53 Å². The fourth-order valence-corrected chi connectivity index (χ4v) is 3.61. The second-order valence-electron chi connectivity index (χ2n) is 7.17. The molecule has 7 nitrogen and oxygen atoms in total. The monoisotopic (exact) mass is 389 g/mol. The van der Waals surface area contributed by atoms with Crippen molar-refractivity contribution in [3.05, 3.63) is 71.8 Å². The number of nitrogens with zero attached hydrogens (tertiary/aromatic N) is 4. The molecule has 1 saturated heterocycles. The van der Waals surface area contributed by atoms with Gasteiger partial charge in [-0.2, -0.15) is 0 Å². The van der Waals surface area contributed by atoms with E-state index in [9.17, 15) is 4.79 Å². The van der Waals surface area contributed by atoms with E-state index in [0.29, 0.717) is 24.5 Å². The number of pyridine rings is 1. The number of benzene rings is 1. The first-order valence-electron chi connectivity index (χ1n) is 9.67. The minimum absolute atomic E-state index is 0.0792. The zero-order valence-electron chi connectivity index (χ0n) is 16.3. The van der Waals surface area contributed by atoms with E-state index >= 15 is 0 Å². The fraction of sp³-hybridized carbons (Fsp3) is 0.273. The quantitative estimate of drug-likeness (QED) is 0.733. The Bertz CT molecular complexity index is 1020. The fourth-order valence-electron chi connectivity index (χ4n) is 3.61. The van der Waals surface area contributed by atoms with Crippen LogP contribution in [-0.4, -0.2) is 38.8 Å². The highest BCUT2D eigenvalue weighted by Crippen LogP contribution is 2.34. The highest BCUT2D eigenvalue weighted by Gasteiger charge is 2.28. The minimum Gasteiger partial charge on any atom is -0.437 e. The van der Waals surface area contributed by atoms with Crippen LogP contribution in [0, 0.1) is 6.92 Å². The van der Waals surface area contributed by atoms with Crippen LogP contribution >= 0.6 is 0 Å². The van der Waals surface area contributed by atoms with Crippen LogP contribution in [0.4, 0.5) is 5.82 Å². The van der Waals surface area contributed by atoms with E-state index < -0.39 is 0 Å². The zero-order valence-corrected chi connectivity index (χ0v) is 16.3. The van der Waals surface area contributed by atoms with Gasteiger partial charge in [0.2, 0.25) is 5.88 Å². The zero-order chi connectivity index (χ0) is 20.2. The van der Waals surface area contributed by atoms with Crippen molar-refractivity contribution in [1.82, 2.24) is 19.9 Å². The molecule has 1 aliphatic rings. The third-order valence-corrected chi connectivity index (χ3v) is 5.13. The number of likely N-dealkylation sites (tertiary alicyclic amines) is 1. The molecule has 0 spiro atoms. The molecule has 1 aromatic carbocycles. The molecule has 4 rings (SSSR count). The van der Waals surface area contributed by atoms with E-state index in [4.69, 9.17) is 10.5 Å². The largest absolute Gasteiger partial charge is 0.437 e. The number of hydrogen-bond donors (Lipinski definition) is 1. The number of hydrogen-bond acceptors (Lipinski definition) is 6. The van der Waals surface area contributed by atoms with Gasteiger partial charge in [-0.1, -0.05) is 12.1 Å². The predicted octanol–water partition coefficient (Wildman–Crippen LogP) is 3.57. The number of nitrogens with two attached hydrogens (primary N) is 1. The van der Waals surface area contributed by atoms with Gasteiger partial charge in [0.1, 0.15) is 17.3 Å². The van der Waals surface area contributed by atoms with E-state index in [1.807, 2.05) is 36.1 Å². The first kappa shape index (κ1) is 18.9. The summed E-state index contributed by atoms with van der Waals surface area (Å²) in [6.45, 7) is 3.27. The van der Waals surface area contributed by atoms with E-state index in [-0.39, 0.29) is 17.6 Å². The second kappa shape index (κ2) is 8.26. The van der Waals surface area contributed by atoms with Gasteiger partial charge in [0, 0.05) is 37.6 Å². The van der Waals surface area contributed by atoms with Gasteiger partial charge >= 0.3 is 0 Å². The maximum atomic E-state index is 12.8. The first-order valence-corrected chi connectivity index (χ1v) is 9.67. The Morgan fingerprint density at radius 1 is 1.07 bits per heavy atom. The number of aryl methyl sites for hydroxylation is 1. The number of amides is 1. The van der Waals surface area contributed by atoms with Crippen LogP contribution in [0.1, 0.15) is 40.4 Å². The normalized spacial score (nSPS) is 14.6. The summed E-state index contributed by atoms with van der Waals surface area (Å²) in [7, 11) is 0. The summed E-state index contributed by atoms with van der Waals surface area (Å²) >= 11 is 0. The molecule has 3 heterocycles. The number of carbonyl (C=O) groups excluding carboxylic acids is 1. The third-order valence-electron chi connectivity index (χ3n) is 5.13. The molecule has 7 heteroatoms. The Morgan fingerprint density at radius 2 is 1.86 bits per heavy atom. The lowest BCUT2D eigenvalue weighted by molar-refractivity contribution is 0.0712. The third kappa shape index (κ3) is 4.18. The standard InChI is InChI=1S/C22H23N5O2/c1-15-4-2-5-17(14-15)29-21-19(24-10-11-26-21)16-7-12-27(13-8-16)22(28)18-6-3-9-25-20(18)23/h2-6,9-11,14,16H,7-8,12-13H2,1H3,(H2,23,25). The van der Waals surface area contributed by atoms with Crippen LogP contribution < -0.4 is 10.5 Å². The van der Waals surface area contributed by atoms with Crippen molar-refractivity contribution in [3.8, 4) is 11.6 Å². The molecule has 1 aliphatic heterocycles. The number of anilines is 1. The molecule has 3 aromatic rings. The van der Waals surface area contributed by atoms with Crippen LogP contribution in [0.2, 0.25) is 0 Å². The van der Waals surface area contributed by atoms with Crippen LogP contribution in [0.3, 0.4) is 0 Å². The summed E-state index contributed by atoms with van der Waals surface area (Å²) in [6.07, 6.45) is 6.48.